The predicted molar refractivity (Wildman–Crippen MR) is 80.9 cm³/mol. The maximum absolute atomic E-state index is 12.2. The second kappa shape index (κ2) is 7.28. The van der Waals surface area contributed by atoms with E-state index in [2.05, 4.69) is 24.5 Å². The Balaban J connectivity index is 0.00000200. The molecule has 20 heavy (non-hydrogen) atoms. The molecule has 5 heteroatoms. The van der Waals surface area contributed by atoms with Gasteiger partial charge in [-0.1, -0.05) is 6.92 Å². The molecule has 1 aliphatic heterocycles. The van der Waals surface area contributed by atoms with E-state index in [1.54, 1.807) is 24.3 Å². The highest BCUT2D eigenvalue weighted by atomic mass is 35.5. The van der Waals surface area contributed by atoms with E-state index in [0.29, 0.717) is 17.0 Å². The summed E-state index contributed by atoms with van der Waals surface area (Å²) in [6, 6.07) is 9.20. The molecule has 0 saturated carbocycles. The lowest BCUT2D eigenvalue weighted by molar-refractivity contribution is 0.0897. The number of benzene rings is 1. The number of nitriles is 1. The molecule has 1 aliphatic rings. The van der Waals surface area contributed by atoms with Crippen LogP contribution in [0.15, 0.2) is 24.3 Å². The van der Waals surface area contributed by atoms with Gasteiger partial charge in [-0.25, -0.2) is 0 Å². The lowest BCUT2D eigenvalue weighted by Gasteiger charge is -2.36. The Hall–Kier alpha value is -1.57. The molecule has 1 fully saturated rings. The molecule has 4 nitrogen and oxygen atoms in total. The van der Waals surface area contributed by atoms with Gasteiger partial charge >= 0.3 is 0 Å². The number of halogens is 1. The average molecular weight is 294 g/mol. The maximum Gasteiger partial charge on any atom is 0.251 e. The fourth-order valence-electron chi connectivity index (χ4n) is 2.54. The van der Waals surface area contributed by atoms with Crippen molar-refractivity contribution in [2.24, 2.45) is 5.92 Å². The third-order valence-corrected chi connectivity index (χ3v) is 3.79. The summed E-state index contributed by atoms with van der Waals surface area (Å²) in [5.74, 6) is 0.399. The SMILES string of the molecule is CC1CCNC(C)C1NC(=O)c1ccc(C#N)cc1.Cl. The van der Waals surface area contributed by atoms with Crippen molar-refractivity contribution in [2.45, 2.75) is 32.4 Å². The molecular formula is C15H20ClN3O. The van der Waals surface area contributed by atoms with E-state index < -0.39 is 0 Å². The van der Waals surface area contributed by atoms with Crippen LogP contribution in [0.25, 0.3) is 0 Å². The Kier molecular flexibility index (Phi) is 6.00. The van der Waals surface area contributed by atoms with E-state index in [9.17, 15) is 4.79 Å². The minimum absolute atomic E-state index is 0. The second-order valence-electron chi connectivity index (χ2n) is 5.20. The van der Waals surface area contributed by atoms with E-state index in [1.165, 1.54) is 0 Å². The van der Waals surface area contributed by atoms with Crippen LogP contribution >= 0.6 is 12.4 Å². The molecule has 0 aliphatic carbocycles. The number of amides is 1. The van der Waals surface area contributed by atoms with Gasteiger partial charge in [0.15, 0.2) is 0 Å². The van der Waals surface area contributed by atoms with Crippen LogP contribution in [-0.2, 0) is 0 Å². The lowest BCUT2D eigenvalue weighted by Crippen LogP contribution is -2.55. The van der Waals surface area contributed by atoms with Gasteiger partial charge < -0.3 is 10.6 Å². The summed E-state index contributed by atoms with van der Waals surface area (Å²) in [5, 5.41) is 15.2. The number of carbonyl (C=O) groups excluding carboxylic acids is 1. The molecule has 3 unspecified atom stereocenters. The summed E-state index contributed by atoms with van der Waals surface area (Å²) in [7, 11) is 0. The Morgan fingerprint density at radius 3 is 2.55 bits per heavy atom. The molecule has 0 aromatic heterocycles. The van der Waals surface area contributed by atoms with Crippen molar-refractivity contribution in [2.75, 3.05) is 6.54 Å². The fraction of sp³-hybridized carbons (Fsp3) is 0.467. The minimum Gasteiger partial charge on any atom is -0.347 e. The van der Waals surface area contributed by atoms with Gasteiger partial charge in [-0.05, 0) is 50.1 Å². The highest BCUT2D eigenvalue weighted by Crippen LogP contribution is 2.17. The summed E-state index contributed by atoms with van der Waals surface area (Å²) in [5.41, 5.74) is 1.17. The molecule has 1 amide bonds. The van der Waals surface area contributed by atoms with E-state index in [-0.39, 0.29) is 30.4 Å². The van der Waals surface area contributed by atoms with Gasteiger partial charge in [0.2, 0.25) is 0 Å². The van der Waals surface area contributed by atoms with Gasteiger partial charge in [0.05, 0.1) is 11.6 Å². The van der Waals surface area contributed by atoms with Crippen LogP contribution in [0.3, 0.4) is 0 Å². The Morgan fingerprint density at radius 1 is 1.35 bits per heavy atom. The van der Waals surface area contributed by atoms with Crippen molar-refractivity contribution in [1.29, 1.82) is 5.26 Å². The first-order valence-corrected chi connectivity index (χ1v) is 6.66. The number of hydrogen-bond acceptors (Lipinski definition) is 3. The average Bonchev–Trinajstić information content (AvgIpc) is 2.43. The third-order valence-electron chi connectivity index (χ3n) is 3.79. The van der Waals surface area contributed by atoms with Gasteiger partial charge in [-0.2, -0.15) is 5.26 Å². The molecule has 108 valence electrons. The first-order valence-electron chi connectivity index (χ1n) is 6.66. The third kappa shape index (κ3) is 3.72. The summed E-state index contributed by atoms with van der Waals surface area (Å²) >= 11 is 0. The van der Waals surface area contributed by atoms with Crippen molar-refractivity contribution in [1.82, 2.24) is 10.6 Å². The Morgan fingerprint density at radius 2 is 2.00 bits per heavy atom. The summed E-state index contributed by atoms with van der Waals surface area (Å²) in [6.07, 6.45) is 1.07. The molecule has 1 saturated heterocycles. The molecule has 1 aromatic carbocycles. The molecule has 0 bridgehead atoms. The van der Waals surface area contributed by atoms with Crippen LogP contribution in [-0.4, -0.2) is 24.5 Å². The standard InChI is InChI=1S/C15H19N3O.ClH/c1-10-7-8-17-11(2)14(10)18-15(19)13-5-3-12(9-16)4-6-13;/h3-6,10-11,14,17H,7-8H2,1-2H3,(H,18,19);1H. The number of piperidine rings is 1. The number of carbonyl (C=O) groups is 1. The van der Waals surface area contributed by atoms with Crippen LogP contribution in [0.1, 0.15) is 36.2 Å². The normalized spacial score (nSPS) is 25.1. The van der Waals surface area contributed by atoms with Crippen LogP contribution < -0.4 is 10.6 Å². The second-order valence-corrected chi connectivity index (χ2v) is 5.20. The van der Waals surface area contributed by atoms with Crippen molar-refractivity contribution < 1.29 is 4.79 Å². The maximum atomic E-state index is 12.2. The Labute approximate surface area is 126 Å². The smallest absolute Gasteiger partial charge is 0.251 e. The predicted octanol–water partition coefficient (Wildman–Crippen LogP) is 2.10. The minimum atomic E-state index is -0.0723. The van der Waals surface area contributed by atoms with Crippen molar-refractivity contribution in [3.05, 3.63) is 35.4 Å². The highest BCUT2D eigenvalue weighted by molar-refractivity contribution is 5.94. The molecule has 0 spiro atoms. The molecule has 0 radical (unpaired) electrons. The molecule has 1 aromatic rings. The number of hydrogen-bond donors (Lipinski definition) is 2. The van der Waals surface area contributed by atoms with Gasteiger partial charge in [0.1, 0.15) is 0 Å². The van der Waals surface area contributed by atoms with E-state index in [4.69, 9.17) is 5.26 Å². The lowest BCUT2D eigenvalue weighted by atomic mass is 9.89. The molecule has 2 N–H and O–H groups in total. The van der Waals surface area contributed by atoms with Crippen LogP contribution in [0.4, 0.5) is 0 Å². The number of rotatable bonds is 2. The van der Waals surface area contributed by atoms with E-state index in [0.717, 1.165) is 13.0 Å². The first kappa shape index (κ1) is 16.5. The van der Waals surface area contributed by atoms with E-state index >= 15 is 0 Å². The quantitative estimate of drug-likeness (QED) is 0.877. The van der Waals surface area contributed by atoms with Crippen molar-refractivity contribution >= 4 is 18.3 Å². The molecule has 2 rings (SSSR count). The van der Waals surface area contributed by atoms with Gasteiger partial charge in [0, 0.05) is 17.6 Å². The zero-order chi connectivity index (χ0) is 13.8. The summed E-state index contributed by atoms with van der Waals surface area (Å²) in [6.45, 7) is 5.27. The Bertz CT molecular complexity index is 485. The molecule has 3 atom stereocenters. The number of nitrogens with one attached hydrogen (secondary N) is 2. The topological polar surface area (TPSA) is 64.9 Å². The molecule has 1 heterocycles. The molecular weight excluding hydrogens is 274 g/mol. The zero-order valence-corrected chi connectivity index (χ0v) is 12.5. The van der Waals surface area contributed by atoms with Crippen molar-refractivity contribution in [3.8, 4) is 6.07 Å². The van der Waals surface area contributed by atoms with Crippen LogP contribution in [0.2, 0.25) is 0 Å². The largest absolute Gasteiger partial charge is 0.347 e. The van der Waals surface area contributed by atoms with Gasteiger partial charge in [-0.15, -0.1) is 12.4 Å². The fourth-order valence-corrected chi connectivity index (χ4v) is 2.54. The van der Waals surface area contributed by atoms with Crippen LogP contribution in [0, 0.1) is 17.2 Å². The zero-order valence-electron chi connectivity index (χ0n) is 11.7. The first-order chi connectivity index (χ1) is 9.11. The monoisotopic (exact) mass is 293 g/mol. The van der Waals surface area contributed by atoms with Crippen molar-refractivity contribution in [3.63, 3.8) is 0 Å². The summed E-state index contributed by atoms with van der Waals surface area (Å²) in [4.78, 5) is 12.2. The van der Waals surface area contributed by atoms with Gasteiger partial charge in [-0.3, -0.25) is 4.79 Å². The van der Waals surface area contributed by atoms with Gasteiger partial charge in [0.25, 0.3) is 5.91 Å². The number of nitrogens with zero attached hydrogens (tertiary/aromatic N) is 1. The van der Waals surface area contributed by atoms with E-state index in [1.807, 2.05) is 6.07 Å². The van der Waals surface area contributed by atoms with Crippen LogP contribution in [0.5, 0.6) is 0 Å². The highest BCUT2D eigenvalue weighted by Gasteiger charge is 2.28. The summed E-state index contributed by atoms with van der Waals surface area (Å²) < 4.78 is 0.